The minimum atomic E-state index is -0.229. The molecule has 0 atom stereocenters. The average molecular weight is 364 g/mol. The van der Waals surface area contributed by atoms with Gasteiger partial charge in [0.2, 0.25) is 0 Å². The standard InChI is InChI=1S/C21H20N2O2S/c1-15-6-4-7-16(14-15)20(24)23-19-10-3-2-9-18(19)21(25)22-12-11-17-8-5-13-26-17/h2-10,13-14H,11-12H2,1H3,(H,22,25)(H,23,24). The zero-order valence-corrected chi connectivity index (χ0v) is 15.3. The van der Waals surface area contributed by atoms with Gasteiger partial charge in [0.05, 0.1) is 11.3 Å². The maximum atomic E-state index is 12.5. The smallest absolute Gasteiger partial charge is 0.255 e. The molecule has 1 aromatic heterocycles. The number of hydrogen-bond acceptors (Lipinski definition) is 3. The first-order valence-corrected chi connectivity index (χ1v) is 9.29. The molecule has 0 radical (unpaired) electrons. The van der Waals surface area contributed by atoms with Crippen LogP contribution in [0, 0.1) is 6.92 Å². The Morgan fingerprint density at radius 2 is 1.81 bits per heavy atom. The van der Waals surface area contributed by atoms with Crippen molar-refractivity contribution in [2.24, 2.45) is 0 Å². The van der Waals surface area contributed by atoms with Gasteiger partial charge in [0.1, 0.15) is 0 Å². The number of hydrogen-bond donors (Lipinski definition) is 2. The number of carbonyl (C=O) groups excluding carboxylic acids is 2. The fourth-order valence-corrected chi connectivity index (χ4v) is 3.33. The van der Waals surface area contributed by atoms with Crippen molar-refractivity contribution in [3.8, 4) is 0 Å². The molecule has 0 unspecified atom stereocenters. The Morgan fingerprint density at radius 1 is 0.962 bits per heavy atom. The van der Waals surface area contributed by atoms with E-state index in [-0.39, 0.29) is 11.8 Å². The minimum Gasteiger partial charge on any atom is -0.352 e. The Kier molecular flexibility index (Phi) is 5.81. The predicted octanol–water partition coefficient (Wildman–Crippen LogP) is 4.28. The van der Waals surface area contributed by atoms with Crippen LogP contribution in [-0.4, -0.2) is 18.4 Å². The molecule has 3 aromatic rings. The van der Waals surface area contributed by atoms with Crippen LogP contribution in [0.3, 0.4) is 0 Å². The van der Waals surface area contributed by atoms with E-state index in [1.807, 2.05) is 42.6 Å². The van der Waals surface area contributed by atoms with Gasteiger partial charge in [0.25, 0.3) is 11.8 Å². The third-order valence-electron chi connectivity index (χ3n) is 3.94. The first-order chi connectivity index (χ1) is 12.6. The van der Waals surface area contributed by atoms with Gasteiger partial charge in [-0.3, -0.25) is 9.59 Å². The van der Waals surface area contributed by atoms with Gasteiger partial charge in [-0.1, -0.05) is 35.9 Å². The maximum absolute atomic E-state index is 12.5. The summed E-state index contributed by atoms with van der Waals surface area (Å²) in [5.74, 6) is -0.422. The van der Waals surface area contributed by atoms with E-state index in [1.54, 1.807) is 41.7 Å². The Balaban J connectivity index is 1.67. The monoisotopic (exact) mass is 364 g/mol. The molecule has 4 nitrogen and oxygen atoms in total. The summed E-state index contributed by atoms with van der Waals surface area (Å²) in [5, 5.41) is 7.78. The first-order valence-electron chi connectivity index (χ1n) is 8.41. The summed E-state index contributed by atoms with van der Waals surface area (Å²) in [6.07, 6.45) is 0.793. The fraction of sp³-hybridized carbons (Fsp3) is 0.143. The van der Waals surface area contributed by atoms with Crippen LogP contribution in [0.25, 0.3) is 0 Å². The molecule has 0 saturated heterocycles. The van der Waals surface area contributed by atoms with Gasteiger partial charge in [0, 0.05) is 17.0 Å². The molecule has 0 fully saturated rings. The van der Waals surface area contributed by atoms with Crippen molar-refractivity contribution in [3.05, 3.63) is 87.6 Å². The number of rotatable bonds is 6. The summed E-state index contributed by atoms with van der Waals surface area (Å²) in [4.78, 5) is 26.2. The fourth-order valence-electron chi connectivity index (χ4n) is 2.62. The van der Waals surface area contributed by atoms with E-state index in [4.69, 9.17) is 0 Å². The molecule has 26 heavy (non-hydrogen) atoms. The number of nitrogens with one attached hydrogen (secondary N) is 2. The quantitative estimate of drug-likeness (QED) is 0.686. The van der Waals surface area contributed by atoms with Gasteiger partial charge < -0.3 is 10.6 Å². The van der Waals surface area contributed by atoms with Crippen LogP contribution in [0.4, 0.5) is 5.69 Å². The van der Waals surface area contributed by atoms with Crippen molar-refractivity contribution >= 4 is 28.8 Å². The van der Waals surface area contributed by atoms with E-state index >= 15 is 0 Å². The maximum Gasteiger partial charge on any atom is 0.255 e. The van der Waals surface area contributed by atoms with Crippen LogP contribution in [-0.2, 0) is 6.42 Å². The molecule has 1 heterocycles. The second-order valence-corrected chi connectivity index (χ2v) is 6.99. The van der Waals surface area contributed by atoms with Crippen molar-refractivity contribution in [1.82, 2.24) is 5.32 Å². The van der Waals surface area contributed by atoms with Crippen molar-refractivity contribution in [2.45, 2.75) is 13.3 Å². The van der Waals surface area contributed by atoms with Crippen LogP contribution >= 0.6 is 11.3 Å². The number of benzene rings is 2. The molecule has 2 N–H and O–H groups in total. The second kappa shape index (κ2) is 8.45. The highest BCUT2D eigenvalue weighted by atomic mass is 32.1. The highest BCUT2D eigenvalue weighted by Crippen LogP contribution is 2.17. The molecule has 3 rings (SSSR count). The van der Waals surface area contributed by atoms with E-state index in [9.17, 15) is 9.59 Å². The summed E-state index contributed by atoms with van der Waals surface area (Å²) >= 11 is 1.67. The highest BCUT2D eigenvalue weighted by Gasteiger charge is 2.14. The summed E-state index contributed by atoms with van der Waals surface area (Å²) in [6.45, 7) is 2.49. The van der Waals surface area contributed by atoms with Gasteiger partial charge in [-0.05, 0) is 49.1 Å². The number of amides is 2. The lowest BCUT2D eigenvalue weighted by Crippen LogP contribution is -2.27. The number of aryl methyl sites for hydroxylation is 1. The van der Waals surface area contributed by atoms with Gasteiger partial charge in [-0.25, -0.2) is 0 Å². The summed E-state index contributed by atoms with van der Waals surface area (Å²) in [5.41, 5.74) is 2.54. The molecule has 0 aliphatic carbocycles. The number of anilines is 1. The molecule has 0 aliphatic rings. The van der Waals surface area contributed by atoms with Crippen molar-refractivity contribution in [3.63, 3.8) is 0 Å². The summed E-state index contributed by atoms with van der Waals surface area (Å²) < 4.78 is 0. The molecule has 0 saturated carbocycles. The normalized spacial score (nSPS) is 10.3. The van der Waals surface area contributed by atoms with E-state index in [2.05, 4.69) is 10.6 Å². The lowest BCUT2D eigenvalue weighted by Gasteiger charge is -2.11. The molecule has 0 bridgehead atoms. The molecule has 0 aliphatic heterocycles. The Morgan fingerprint density at radius 3 is 2.58 bits per heavy atom. The molecule has 0 spiro atoms. The van der Waals surface area contributed by atoms with Gasteiger partial charge in [-0.2, -0.15) is 0 Å². The zero-order chi connectivity index (χ0) is 18.4. The predicted molar refractivity (Wildman–Crippen MR) is 106 cm³/mol. The Labute approximate surface area is 156 Å². The largest absolute Gasteiger partial charge is 0.352 e. The average Bonchev–Trinajstić information content (AvgIpc) is 3.15. The Bertz CT molecular complexity index is 904. The lowest BCUT2D eigenvalue weighted by atomic mass is 10.1. The first kappa shape index (κ1) is 17.9. The van der Waals surface area contributed by atoms with Crippen LogP contribution < -0.4 is 10.6 Å². The molecular weight excluding hydrogens is 344 g/mol. The van der Waals surface area contributed by atoms with Crippen LogP contribution in [0.15, 0.2) is 66.0 Å². The van der Waals surface area contributed by atoms with Crippen molar-refractivity contribution in [2.75, 3.05) is 11.9 Å². The number of carbonyl (C=O) groups is 2. The second-order valence-electron chi connectivity index (χ2n) is 5.95. The van der Waals surface area contributed by atoms with Crippen molar-refractivity contribution in [1.29, 1.82) is 0 Å². The third-order valence-corrected chi connectivity index (χ3v) is 4.87. The lowest BCUT2D eigenvalue weighted by molar-refractivity contribution is 0.0955. The van der Waals surface area contributed by atoms with Crippen LogP contribution in [0.1, 0.15) is 31.2 Å². The SMILES string of the molecule is Cc1cccc(C(=O)Nc2ccccc2C(=O)NCCc2cccs2)c1. The molecule has 5 heteroatoms. The molecule has 2 amide bonds. The summed E-state index contributed by atoms with van der Waals surface area (Å²) in [7, 11) is 0. The Hall–Kier alpha value is -2.92. The zero-order valence-electron chi connectivity index (χ0n) is 14.5. The number of thiophene rings is 1. The topological polar surface area (TPSA) is 58.2 Å². The van der Waals surface area contributed by atoms with E-state index < -0.39 is 0 Å². The highest BCUT2D eigenvalue weighted by molar-refractivity contribution is 7.09. The molecule has 132 valence electrons. The van der Waals surface area contributed by atoms with E-state index in [1.165, 1.54) is 4.88 Å². The van der Waals surface area contributed by atoms with Crippen LogP contribution in [0.2, 0.25) is 0 Å². The minimum absolute atomic E-state index is 0.193. The molecular formula is C21H20N2O2S. The summed E-state index contributed by atoms with van der Waals surface area (Å²) in [6, 6.07) is 18.4. The van der Waals surface area contributed by atoms with Crippen molar-refractivity contribution < 1.29 is 9.59 Å². The van der Waals surface area contributed by atoms with Crippen LogP contribution in [0.5, 0.6) is 0 Å². The van der Waals surface area contributed by atoms with Gasteiger partial charge in [-0.15, -0.1) is 11.3 Å². The van der Waals surface area contributed by atoms with Gasteiger partial charge >= 0.3 is 0 Å². The number of para-hydroxylation sites is 1. The molecule has 2 aromatic carbocycles. The van der Waals surface area contributed by atoms with E-state index in [0.717, 1.165) is 12.0 Å². The third kappa shape index (κ3) is 4.58. The van der Waals surface area contributed by atoms with Gasteiger partial charge in [0.15, 0.2) is 0 Å². The van der Waals surface area contributed by atoms with E-state index in [0.29, 0.717) is 23.4 Å².